The third-order valence-corrected chi connectivity index (χ3v) is 3.52. The number of ether oxygens (including phenoxy) is 1. The molecule has 24 heavy (non-hydrogen) atoms. The van der Waals surface area contributed by atoms with Gasteiger partial charge in [0.05, 0.1) is 0 Å². The normalized spacial score (nSPS) is 11.6. The molecule has 1 atom stereocenters. The van der Waals surface area contributed by atoms with Gasteiger partial charge in [-0.1, -0.05) is 30.3 Å². The molecule has 126 valence electrons. The first kappa shape index (κ1) is 17.5. The number of esters is 1. The highest BCUT2D eigenvalue weighted by molar-refractivity contribution is 5.98. The molecule has 6 heteroatoms. The van der Waals surface area contributed by atoms with Gasteiger partial charge in [-0.25, -0.2) is 4.79 Å². The molecule has 2 N–H and O–H groups in total. The zero-order chi connectivity index (χ0) is 17.5. The van der Waals surface area contributed by atoms with Crippen LogP contribution in [0.1, 0.15) is 40.3 Å². The van der Waals surface area contributed by atoms with Crippen LogP contribution in [0.25, 0.3) is 0 Å². The second-order valence-electron chi connectivity index (χ2n) is 5.43. The molecule has 0 bridgehead atoms. The Balaban J connectivity index is 1.80. The number of ketones is 1. The highest BCUT2D eigenvalue weighted by Crippen LogP contribution is 2.07. The maximum absolute atomic E-state index is 12.0. The van der Waals surface area contributed by atoms with E-state index in [1.54, 1.807) is 0 Å². The Morgan fingerprint density at radius 2 is 1.92 bits per heavy atom. The van der Waals surface area contributed by atoms with Gasteiger partial charge in [-0.3, -0.25) is 9.59 Å². The van der Waals surface area contributed by atoms with Crippen molar-refractivity contribution >= 4 is 17.7 Å². The van der Waals surface area contributed by atoms with E-state index in [-0.39, 0.29) is 17.4 Å². The Bertz CT molecular complexity index is 722. The SMILES string of the molecule is CC(=O)c1c[nH]c(C(=O)O[C@H](C)C(=O)NCCc2ccccc2)c1. The van der Waals surface area contributed by atoms with Gasteiger partial charge in [0.15, 0.2) is 11.9 Å². The number of carbonyl (C=O) groups is 3. The fourth-order valence-electron chi connectivity index (χ4n) is 2.11. The van der Waals surface area contributed by atoms with E-state index in [2.05, 4.69) is 10.3 Å². The number of rotatable bonds is 7. The number of aromatic amines is 1. The first-order valence-corrected chi connectivity index (χ1v) is 7.69. The molecular weight excluding hydrogens is 308 g/mol. The molecule has 0 spiro atoms. The summed E-state index contributed by atoms with van der Waals surface area (Å²) in [7, 11) is 0. The summed E-state index contributed by atoms with van der Waals surface area (Å²) in [6.45, 7) is 3.37. The zero-order valence-corrected chi connectivity index (χ0v) is 13.7. The maximum atomic E-state index is 12.0. The third kappa shape index (κ3) is 4.81. The van der Waals surface area contributed by atoms with E-state index in [9.17, 15) is 14.4 Å². The minimum absolute atomic E-state index is 0.143. The van der Waals surface area contributed by atoms with E-state index in [1.165, 1.54) is 26.1 Å². The second kappa shape index (κ2) is 8.10. The van der Waals surface area contributed by atoms with E-state index < -0.39 is 12.1 Å². The number of nitrogens with one attached hydrogen (secondary N) is 2. The lowest BCUT2D eigenvalue weighted by Crippen LogP contribution is -2.36. The van der Waals surface area contributed by atoms with Gasteiger partial charge in [-0.15, -0.1) is 0 Å². The minimum Gasteiger partial charge on any atom is -0.448 e. The minimum atomic E-state index is -0.919. The second-order valence-corrected chi connectivity index (χ2v) is 5.43. The van der Waals surface area contributed by atoms with Gasteiger partial charge in [0, 0.05) is 18.3 Å². The number of benzene rings is 1. The monoisotopic (exact) mass is 328 g/mol. The van der Waals surface area contributed by atoms with E-state index in [0.717, 1.165) is 5.56 Å². The summed E-state index contributed by atoms with van der Waals surface area (Å²) >= 11 is 0. The van der Waals surface area contributed by atoms with Crippen molar-refractivity contribution in [1.29, 1.82) is 0 Å². The Morgan fingerprint density at radius 1 is 1.21 bits per heavy atom. The van der Waals surface area contributed by atoms with Crippen LogP contribution in [0, 0.1) is 0 Å². The van der Waals surface area contributed by atoms with Crippen LogP contribution in [0.4, 0.5) is 0 Å². The molecule has 1 aromatic heterocycles. The molecule has 0 saturated carbocycles. The molecule has 2 rings (SSSR count). The number of amides is 1. The van der Waals surface area contributed by atoms with Crippen molar-refractivity contribution in [2.75, 3.05) is 6.54 Å². The Morgan fingerprint density at radius 3 is 2.54 bits per heavy atom. The number of hydrogen-bond donors (Lipinski definition) is 2. The summed E-state index contributed by atoms with van der Waals surface area (Å²) in [5.74, 6) is -1.19. The fourth-order valence-corrected chi connectivity index (χ4v) is 2.11. The van der Waals surface area contributed by atoms with Crippen molar-refractivity contribution in [1.82, 2.24) is 10.3 Å². The van der Waals surface area contributed by atoms with Crippen molar-refractivity contribution in [2.24, 2.45) is 0 Å². The molecular formula is C18H20N2O4. The molecule has 1 aromatic carbocycles. The van der Waals surface area contributed by atoms with Gasteiger partial charge in [-0.2, -0.15) is 0 Å². The summed E-state index contributed by atoms with van der Waals surface area (Å²) in [6.07, 6.45) is 1.22. The predicted octanol–water partition coefficient (Wildman–Crippen LogP) is 2.12. The van der Waals surface area contributed by atoms with Crippen molar-refractivity contribution in [2.45, 2.75) is 26.4 Å². The highest BCUT2D eigenvalue weighted by atomic mass is 16.5. The highest BCUT2D eigenvalue weighted by Gasteiger charge is 2.20. The van der Waals surface area contributed by atoms with Gasteiger partial charge < -0.3 is 15.0 Å². The molecule has 0 aliphatic heterocycles. The Kier molecular flexibility index (Phi) is 5.89. The summed E-state index contributed by atoms with van der Waals surface area (Å²) in [5, 5.41) is 2.73. The molecule has 0 fully saturated rings. The van der Waals surface area contributed by atoms with E-state index in [0.29, 0.717) is 18.5 Å². The fraction of sp³-hybridized carbons (Fsp3) is 0.278. The Hall–Kier alpha value is -2.89. The van der Waals surface area contributed by atoms with Gasteiger partial charge >= 0.3 is 5.97 Å². The lowest BCUT2D eigenvalue weighted by atomic mass is 10.1. The molecule has 0 unspecified atom stereocenters. The first-order chi connectivity index (χ1) is 11.5. The van der Waals surface area contributed by atoms with Gasteiger partial charge in [-0.05, 0) is 31.9 Å². The lowest BCUT2D eigenvalue weighted by molar-refractivity contribution is -0.129. The van der Waals surface area contributed by atoms with Crippen LogP contribution in [-0.2, 0) is 16.0 Å². The molecule has 1 amide bonds. The Labute approximate surface area is 140 Å². The predicted molar refractivity (Wildman–Crippen MR) is 88.8 cm³/mol. The van der Waals surface area contributed by atoms with Crippen LogP contribution in [-0.4, -0.2) is 35.3 Å². The first-order valence-electron chi connectivity index (χ1n) is 7.69. The standard InChI is InChI=1S/C18H20N2O4/c1-12(21)15-10-16(20-11-15)18(23)24-13(2)17(22)19-9-8-14-6-4-3-5-7-14/h3-7,10-11,13,20H,8-9H2,1-2H3,(H,19,22)/t13-/m1/s1. The van der Waals surface area contributed by atoms with Crippen molar-refractivity contribution in [3.05, 3.63) is 59.4 Å². The van der Waals surface area contributed by atoms with Crippen molar-refractivity contribution < 1.29 is 19.1 Å². The summed E-state index contributed by atoms with van der Waals surface area (Å²) in [4.78, 5) is 37.8. The zero-order valence-electron chi connectivity index (χ0n) is 13.7. The molecule has 2 aromatic rings. The van der Waals surface area contributed by atoms with Gasteiger partial charge in [0.1, 0.15) is 5.69 Å². The number of hydrogen-bond acceptors (Lipinski definition) is 4. The number of aromatic nitrogens is 1. The molecule has 0 saturated heterocycles. The largest absolute Gasteiger partial charge is 0.448 e. The van der Waals surface area contributed by atoms with Gasteiger partial charge in [0.25, 0.3) is 5.91 Å². The van der Waals surface area contributed by atoms with Crippen LogP contribution in [0.15, 0.2) is 42.6 Å². The van der Waals surface area contributed by atoms with Crippen molar-refractivity contribution in [3.8, 4) is 0 Å². The summed E-state index contributed by atoms with van der Waals surface area (Å²) < 4.78 is 5.10. The van der Waals surface area contributed by atoms with E-state index >= 15 is 0 Å². The number of carbonyl (C=O) groups excluding carboxylic acids is 3. The number of Topliss-reactive ketones (excluding diaryl/α,β-unsaturated/α-hetero) is 1. The van der Waals surface area contributed by atoms with Gasteiger partial charge in [0.2, 0.25) is 0 Å². The van der Waals surface area contributed by atoms with Crippen LogP contribution in [0.3, 0.4) is 0 Å². The smallest absolute Gasteiger partial charge is 0.355 e. The van der Waals surface area contributed by atoms with E-state index in [1.807, 2.05) is 30.3 Å². The molecule has 0 aliphatic carbocycles. The quantitative estimate of drug-likeness (QED) is 0.602. The van der Waals surface area contributed by atoms with E-state index in [4.69, 9.17) is 4.74 Å². The number of H-pyrrole nitrogens is 1. The molecule has 6 nitrogen and oxygen atoms in total. The molecule has 0 aliphatic rings. The maximum Gasteiger partial charge on any atom is 0.355 e. The average molecular weight is 328 g/mol. The van der Waals surface area contributed by atoms with Crippen LogP contribution in [0.5, 0.6) is 0 Å². The van der Waals surface area contributed by atoms with Crippen LogP contribution in [0.2, 0.25) is 0 Å². The lowest BCUT2D eigenvalue weighted by Gasteiger charge is -2.13. The molecule has 1 heterocycles. The molecule has 0 radical (unpaired) electrons. The van der Waals surface area contributed by atoms with Crippen LogP contribution < -0.4 is 5.32 Å². The van der Waals surface area contributed by atoms with Crippen LogP contribution >= 0.6 is 0 Å². The summed E-state index contributed by atoms with van der Waals surface area (Å²) in [5.41, 5.74) is 1.65. The topological polar surface area (TPSA) is 88.3 Å². The van der Waals surface area contributed by atoms with Crippen molar-refractivity contribution in [3.63, 3.8) is 0 Å². The summed E-state index contributed by atoms with van der Waals surface area (Å²) in [6, 6.07) is 11.2. The average Bonchev–Trinajstić information content (AvgIpc) is 3.06. The third-order valence-electron chi connectivity index (χ3n) is 3.52.